The van der Waals surface area contributed by atoms with Gasteiger partial charge >= 0.3 is 6.16 Å². The summed E-state index contributed by atoms with van der Waals surface area (Å²) in [6, 6.07) is 10.7. The second kappa shape index (κ2) is 4.74. The fourth-order valence-electron chi connectivity index (χ4n) is 1.71. The van der Waals surface area contributed by atoms with Gasteiger partial charge in [-0.05, 0) is 19.1 Å². The molecule has 0 aliphatic heterocycles. The first-order chi connectivity index (χ1) is 8.22. The van der Waals surface area contributed by atoms with Gasteiger partial charge in [0, 0.05) is 10.8 Å². The second-order valence-electron chi connectivity index (χ2n) is 3.41. The molecule has 4 heteroatoms. The summed E-state index contributed by atoms with van der Waals surface area (Å²) in [6.07, 6.45) is -1.32. The van der Waals surface area contributed by atoms with Crippen LogP contribution in [0.15, 0.2) is 36.4 Å². The van der Waals surface area contributed by atoms with Gasteiger partial charge in [-0.25, -0.2) is 4.79 Å². The van der Waals surface area contributed by atoms with Crippen LogP contribution >= 0.6 is 0 Å². The van der Waals surface area contributed by atoms with Crippen LogP contribution in [0, 0.1) is 0 Å². The van der Waals surface area contributed by atoms with Crippen LogP contribution in [0.1, 0.15) is 6.92 Å². The van der Waals surface area contributed by atoms with Crippen molar-refractivity contribution in [3.05, 3.63) is 36.4 Å². The van der Waals surface area contributed by atoms with Crippen molar-refractivity contribution in [1.29, 1.82) is 0 Å². The van der Waals surface area contributed by atoms with Gasteiger partial charge in [0.25, 0.3) is 0 Å². The van der Waals surface area contributed by atoms with Crippen molar-refractivity contribution >= 4 is 16.9 Å². The third kappa shape index (κ3) is 2.30. The zero-order chi connectivity index (χ0) is 12.3. The fraction of sp³-hybridized carbons (Fsp3) is 0.154. The van der Waals surface area contributed by atoms with E-state index in [9.17, 15) is 4.79 Å². The maximum absolute atomic E-state index is 10.6. The van der Waals surface area contributed by atoms with Gasteiger partial charge in [-0.1, -0.05) is 24.3 Å². The van der Waals surface area contributed by atoms with Gasteiger partial charge in [0.05, 0.1) is 6.61 Å². The van der Waals surface area contributed by atoms with Crippen molar-refractivity contribution in [2.45, 2.75) is 6.92 Å². The lowest BCUT2D eigenvalue weighted by Gasteiger charge is -2.10. The van der Waals surface area contributed by atoms with Gasteiger partial charge in [-0.3, -0.25) is 0 Å². The predicted octanol–water partition coefficient (Wildman–Crippen LogP) is 3.30. The predicted molar refractivity (Wildman–Crippen MR) is 63.8 cm³/mol. The van der Waals surface area contributed by atoms with Gasteiger partial charge < -0.3 is 14.6 Å². The van der Waals surface area contributed by atoms with E-state index in [2.05, 4.69) is 0 Å². The lowest BCUT2D eigenvalue weighted by atomic mass is 10.1. The number of ether oxygens (including phenoxy) is 2. The Balaban J connectivity index is 2.57. The van der Waals surface area contributed by atoms with Crippen LogP contribution in [0.2, 0.25) is 0 Å². The van der Waals surface area contributed by atoms with E-state index in [0.717, 1.165) is 16.5 Å². The topological polar surface area (TPSA) is 55.8 Å². The van der Waals surface area contributed by atoms with E-state index in [0.29, 0.717) is 12.4 Å². The Hall–Kier alpha value is -2.23. The number of fused-ring (bicyclic) bond motifs is 1. The molecule has 2 aromatic carbocycles. The number of benzene rings is 2. The van der Waals surface area contributed by atoms with Gasteiger partial charge in [0.1, 0.15) is 11.5 Å². The highest BCUT2D eigenvalue weighted by atomic mass is 16.7. The molecule has 1 N–H and O–H groups in total. The maximum Gasteiger partial charge on any atom is 0.511 e. The van der Waals surface area contributed by atoms with Crippen LogP contribution in [0.25, 0.3) is 10.8 Å². The molecule has 0 aromatic heterocycles. The molecule has 2 aromatic rings. The Morgan fingerprint density at radius 3 is 2.29 bits per heavy atom. The van der Waals surface area contributed by atoms with E-state index in [1.54, 1.807) is 18.2 Å². The first-order valence-corrected chi connectivity index (χ1v) is 5.27. The van der Waals surface area contributed by atoms with Crippen LogP contribution < -0.4 is 9.47 Å². The molecule has 0 heterocycles. The molecule has 2 rings (SSSR count). The fourth-order valence-corrected chi connectivity index (χ4v) is 1.71. The zero-order valence-corrected chi connectivity index (χ0v) is 9.34. The highest BCUT2D eigenvalue weighted by Crippen LogP contribution is 2.33. The van der Waals surface area contributed by atoms with E-state index in [1.165, 1.54) is 0 Å². The summed E-state index contributed by atoms with van der Waals surface area (Å²) in [5, 5.41) is 10.2. The molecule has 88 valence electrons. The van der Waals surface area contributed by atoms with Crippen LogP contribution in [-0.2, 0) is 0 Å². The van der Waals surface area contributed by atoms with Crippen molar-refractivity contribution < 1.29 is 19.4 Å². The third-order valence-electron chi connectivity index (χ3n) is 2.34. The number of carbonyl (C=O) groups is 1. The Morgan fingerprint density at radius 1 is 1.12 bits per heavy atom. The summed E-state index contributed by atoms with van der Waals surface area (Å²) in [6.45, 7) is 2.46. The molecule has 0 amide bonds. The van der Waals surface area contributed by atoms with E-state index < -0.39 is 6.16 Å². The molecule has 0 saturated carbocycles. The summed E-state index contributed by atoms with van der Waals surface area (Å²) >= 11 is 0. The highest BCUT2D eigenvalue weighted by Gasteiger charge is 2.09. The molecular weight excluding hydrogens is 220 g/mol. The van der Waals surface area contributed by atoms with E-state index >= 15 is 0 Å². The standard InChI is InChI=1S/C13H12O4/c1-2-16-11-7-8-12(17-13(14)15)10-6-4-3-5-9(10)11/h3-8H,2H2,1H3,(H,14,15). The molecule has 4 nitrogen and oxygen atoms in total. The van der Waals surface area contributed by atoms with Crippen molar-refractivity contribution in [2.24, 2.45) is 0 Å². The molecule has 0 atom stereocenters. The van der Waals surface area contributed by atoms with Crippen LogP contribution in [0.5, 0.6) is 11.5 Å². The smallest absolute Gasteiger partial charge is 0.493 e. The van der Waals surface area contributed by atoms with Gasteiger partial charge in [-0.2, -0.15) is 0 Å². The summed E-state index contributed by atoms with van der Waals surface area (Å²) in [5.41, 5.74) is 0. The summed E-state index contributed by atoms with van der Waals surface area (Å²) < 4.78 is 10.2. The molecule has 0 saturated heterocycles. The van der Waals surface area contributed by atoms with Crippen molar-refractivity contribution in [3.63, 3.8) is 0 Å². The first-order valence-electron chi connectivity index (χ1n) is 5.27. The SMILES string of the molecule is CCOc1ccc(OC(=O)O)c2ccccc12. The van der Waals surface area contributed by atoms with Crippen molar-refractivity contribution in [1.82, 2.24) is 0 Å². The minimum atomic E-state index is -1.32. The largest absolute Gasteiger partial charge is 0.511 e. The highest BCUT2D eigenvalue weighted by molar-refractivity contribution is 5.94. The molecule has 0 spiro atoms. The van der Waals surface area contributed by atoms with Crippen LogP contribution in [0.3, 0.4) is 0 Å². The number of hydrogen-bond acceptors (Lipinski definition) is 3. The minimum Gasteiger partial charge on any atom is -0.493 e. The zero-order valence-electron chi connectivity index (χ0n) is 9.34. The molecule has 0 aliphatic carbocycles. The molecule has 0 unspecified atom stereocenters. The lowest BCUT2D eigenvalue weighted by molar-refractivity contribution is 0.145. The molecule has 17 heavy (non-hydrogen) atoms. The third-order valence-corrected chi connectivity index (χ3v) is 2.34. The maximum atomic E-state index is 10.6. The molecular formula is C13H12O4. The number of carboxylic acid groups (broad SMARTS) is 1. The van der Waals surface area contributed by atoms with Crippen molar-refractivity contribution in [2.75, 3.05) is 6.61 Å². The summed E-state index contributed by atoms with van der Waals surface area (Å²) in [7, 11) is 0. The Morgan fingerprint density at radius 2 is 1.71 bits per heavy atom. The Labute approximate surface area is 98.4 Å². The second-order valence-corrected chi connectivity index (χ2v) is 3.41. The van der Waals surface area contributed by atoms with E-state index in [1.807, 2.05) is 25.1 Å². The summed E-state index contributed by atoms with van der Waals surface area (Å²) in [4.78, 5) is 10.6. The lowest BCUT2D eigenvalue weighted by Crippen LogP contribution is -2.03. The normalized spacial score (nSPS) is 10.2. The van der Waals surface area contributed by atoms with Gasteiger partial charge in [0.2, 0.25) is 0 Å². The van der Waals surface area contributed by atoms with Crippen LogP contribution in [0.4, 0.5) is 4.79 Å². The average Bonchev–Trinajstić information content (AvgIpc) is 2.32. The van der Waals surface area contributed by atoms with Crippen molar-refractivity contribution in [3.8, 4) is 11.5 Å². The van der Waals surface area contributed by atoms with Crippen LogP contribution in [-0.4, -0.2) is 17.9 Å². The van der Waals surface area contributed by atoms with Gasteiger partial charge in [-0.15, -0.1) is 0 Å². The van der Waals surface area contributed by atoms with E-state index in [4.69, 9.17) is 14.6 Å². The summed E-state index contributed by atoms with van der Waals surface area (Å²) in [5.74, 6) is 1.04. The molecule has 0 bridgehead atoms. The quantitative estimate of drug-likeness (QED) is 0.651. The Bertz CT molecular complexity index is 548. The Kier molecular flexibility index (Phi) is 3.14. The molecule has 0 fully saturated rings. The van der Waals surface area contributed by atoms with E-state index in [-0.39, 0.29) is 0 Å². The monoisotopic (exact) mass is 232 g/mol. The number of rotatable bonds is 3. The minimum absolute atomic E-state index is 0.316. The molecule has 0 radical (unpaired) electrons. The molecule has 0 aliphatic rings. The first kappa shape index (κ1) is 11.3. The van der Waals surface area contributed by atoms with Gasteiger partial charge in [0.15, 0.2) is 0 Å². The average molecular weight is 232 g/mol. The number of hydrogen-bond donors (Lipinski definition) is 1.